The Morgan fingerprint density at radius 2 is 1.87 bits per heavy atom. The van der Waals surface area contributed by atoms with Crippen molar-refractivity contribution >= 4 is 51.1 Å². The van der Waals surface area contributed by atoms with Crippen molar-refractivity contribution in [1.82, 2.24) is 10.2 Å². The molecule has 2 aliphatic heterocycles. The predicted molar refractivity (Wildman–Crippen MR) is 139 cm³/mol. The Morgan fingerprint density at radius 3 is 2.46 bits per heavy atom. The van der Waals surface area contributed by atoms with Crippen molar-refractivity contribution < 1.29 is 65.8 Å². The second-order valence-corrected chi connectivity index (χ2v) is 16.2. The highest BCUT2D eigenvalue weighted by atomic mass is 33.1. The summed E-state index contributed by atoms with van der Waals surface area (Å²) in [5, 5.41) is 12.3. The smallest absolute Gasteiger partial charge is 0.369 e. The number of aliphatic hydroxyl groups is 1. The zero-order valence-corrected chi connectivity index (χ0v) is 25.1. The molecule has 0 aliphatic carbocycles. The third-order valence-electron chi connectivity index (χ3n) is 4.35. The minimum absolute atomic E-state index is 0.000759. The van der Waals surface area contributed by atoms with Gasteiger partial charge >= 0.3 is 29.5 Å². The zero-order valence-electron chi connectivity index (χ0n) is 20.8. The largest absolute Gasteiger partial charge is 0.490 e. The third-order valence-corrected chi connectivity index (χ3v) is 11.1. The number of hydrogen-bond donors (Lipinski definition) is 7. The van der Waals surface area contributed by atoms with Gasteiger partial charge in [-0.3, -0.25) is 9.42 Å². The van der Waals surface area contributed by atoms with Crippen LogP contribution in [0.15, 0.2) is 11.8 Å². The number of nitrogens with one attached hydrogen (secondary N) is 1. The van der Waals surface area contributed by atoms with Gasteiger partial charge < -0.3 is 45.2 Å². The Hall–Kier alpha value is -0.480. The van der Waals surface area contributed by atoms with Crippen LogP contribution in [-0.2, 0) is 36.3 Å². The van der Waals surface area contributed by atoms with Gasteiger partial charge in [0.05, 0.1) is 24.8 Å². The number of aliphatic hydroxyl groups excluding tert-OH is 1. The Kier molecular flexibility index (Phi) is 12.6. The van der Waals surface area contributed by atoms with Crippen LogP contribution in [0.4, 0.5) is 4.79 Å². The number of nitrogens with zero attached hydrogens (tertiary/aromatic N) is 1. The minimum atomic E-state index is -5.71. The number of rotatable bonds is 12. The van der Waals surface area contributed by atoms with Crippen molar-refractivity contribution in [2.75, 3.05) is 19.1 Å². The standard InChI is InChI=1S/C17H30N3O14P3S2/c1-17(2,3)39-38-10-30-12-7-14(20-8-11(5-4-6-18)15(21)19-16(20)22)32-13(12)9-31-36(26,27)34-37(28,29)33-35(23,24)25/h8,12-15,21H,6-7,9-10,18H2,1-3H3,(H,19,22)(H,26,27)(H,28,29)(H2,23,24,25)/t12?,13-,14-,15?/m1/s1. The second-order valence-electron chi connectivity index (χ2n) is 8.74. The van der Waals surface area contributed by atoms with Gasteiger partial charge in [-0.05, 0) is 0 Å². The van der Waals surface area contributed by atoms with Crippen LogP contribution in [0.3, 0.4) is 0 Å². The Morgan fingerprint density at radius 1 is 1.21 bits per heavy atom. The highest BCUT2D eigenvalue weighted by Gasteiger charge is 2.45. The summed E-state index contributed by atoms with van der Waals surface area (Å²) in [6, 6.07) is -0.740. The highest BCUT2D eigenvalue weighted by molar-refractivity contribution is 8.77. The lowest BCUT2D eigenvalue weighted by molar-refractivity contribution is -0.0621. The van der Waals surface area contributed by atoms with Gasteiger partial charge in [-0.2, -0.15) is 8.62 Å². The minimum Gasteiger partial charge on any atom is -0.369 e. The number of phosphoric ester groups is 1. The molecule has 2 rings (SSSR count). The zero-order chi connectivity index (χ0) is 29.6. The van der Waals surface area contributed by atoms with Crippen LogP contribution in [0.25, 0.3) is 0 Å². The molecule has 0 spiro atoms. The molecule has 0 aromatic heterocycles. The van der Waals surface area contributed by atoms with Crippen LogP contribution in [-0.4, -0.2) is 84.1 Å². The van der Waals surface area contributed by atoms with Gasteiger partial charge in [0.15, 0.2) is 6.23 Å². The highest BCUT2D eigenvalue weighted by Crippen LogP contribution is 2.66. The summed E-state index contributed by atoms with van der Waals surface area (Å²) in [6.45, 7) is 5.20. The molecule has 22 heteroatoms. The van der Waals surface area contributed by atoms with E-state index in [1.807, 2.05) is 20.8 Å². The molecule has 0 aromatic carbocycles. The number of phosphoric acid groups is 3. The molecule has 8 N–H and O–H groups in total. The van der Waals surface area contributed by atoms with Crippen LogP contribution in [0.2, 0.25) is 0 Å². The van der Waals surface area contributed by atoms with Crippen LogP contribution in [0, 0.1) is 11.8 Å². The lowest BCUT2D eigenvalue weighted by atomic mass is 10.1. The fraction of sp³-hybridized carbons (Fsp3) is 0.706. The summed E-state index contributed by atoms with van der Waals surface area (Å²) in [5.41, 5.74) is 5.48. The van der Waals surface area contributed by atoms with Gasteiger partial charge in [-0.1, -0.05) is 54.2 Å². The van der Waals surface area contributed by atoms with Crippen LogP contribution < -0.4 is 11.1 Å². The average molecular weight is 657 g/mol. The molecule has 0 saturated carbocycles. The molecule has 0 bridgehead atoms. The van der Waals surface area contributed by atoms with Crippen LogP contribution in [0.5, 0.6) is 0 Å². The summed E-state index contributed by atoms with van der Waals surface area (Å²) in [7, 11) is -13.8. The molecular formula is C17H30N3O14P3S2. The first-order valence-electron chi connectivity index (χ1n) is 10.8. The first-order chi connectivity index (χ1) is 17.8. The van der Waals surface area contributed by atoms with E-state index in [4.69, 9.17) is 29.5 Å². The maximum atomic E-state index is 12.5. The monoisotopic (exact) mass is 657 g/mol. The van der Waals surface area contributed by atoms with Gasteiger partial charge in [0.25, 0.3) is 0 Å². The number of amides is 2. The lowest BCUT2D eigenvalue weighted by Crippen LogP contribution is -2.51. The number of carbonyl (C=O) groups is 1. The van der Waals surface area contributed by atoms with Crippen molar-refractivity contribution in [2.24, 2.45) is 5.73 Å². The maximum Gasteiger partial charge on any atom is 0.490 e. The van der Waals surface area contributed by atoms with E-state index in [9.17, 15) is 33.4 Å². The van der Waals surface area contributed by atoms with Gasteiger partial charge in [0.2, 0.25) is 0 Å². The van der Waals surface area contributed by atoms with E-state index in [1.54, 1.807) is 0 Å². The fourth-order valence-electron chi connectivity index (χ4n) is 3.00. The van der Waals surface area contributed by atoms with Crippen molar-refractivity contribution in [1.29, 1.82) is 0 Å². The van der Waals surface area contributed by atoms with E-state index in [2.05, 4.69) is 25.8 Å². The van der Waals surface area contributed by atoms with Crippen molar-refractivity contribution in [3.05, 3.63) is 11.8 Å². The summed E-state index contributed by atoms with van der Waals surface area (Å²) >= 11 is 0. The molecule has 0 aromatic rings. The van der Waals surface area contributed by atoms with E-state index >= 15 is 0 Å². The van der Waals surface area contributed by atoms with E-state index in [0.717, 1.165) is 4.90 Å². The normalized spacial score (nSPS) is 27.2. The molecule has 2 aliphatic rings. The number of hydrogen-bond acceptors (Lipinski definition) is 13. The third kappa shape index (κ3) is 12.5. The lowest BCUT2D eigenvalue weighted by Gasteiger charge is -2.31. The SMILES string of the molecule is CC(C)(C)SSCOC1C[C@H](N2C=C(C#CCN)C(O)NC2=O)O[C@@H]1COP(=O)(O)OP(=O)(O)OP(=O)(O)O. The topological polar surface area (TPSA) is 257 Å². The Labute approximate surface area is 232 Å². The van der Waals surface area contributed by atoms with Crippen LogP contribution in [0.1, 0.15) is 27.2 Å². The van der Waals surface area contributed by atoms with Gasteiger partial charge in [0, 0.05) is 17.4 Å². The Balaban J connectivity index is 2.16. The summed E-state index contributed by atoms with van der Waals surface area (Å²) in [6.07, 6.45) is -3.08. The quantitative estimate of drug-likeness (QED) is 0.0511. The van der Waals surface area contributed by atoms with E-state index in [0.29, 0.717) is 0 Å². The van der Waals surface area contributed by atoms with Gasteiger partial charge in [-0.15, -0.1) is 0 Å². The first kappa shape index (κ1) is 34.7. The van der Waals surface area contributed by atoms with E-state index in [-0.39, 0.29) is 29.2 Å². The fourth-order valence-corrected chi connectivity index (χ4v) is 8.03. The summed E-state index contributed by atoms with van der Waals surface area (Å²) in [4.78, 5) is 50.0. The molecule has 0 radical (unpaired) electrons. The molecule has 4 unspecified atom stereocenters. The maximum absolute atomic E-state index is 12.5. The Bertz CT molecular complexity index is 1120. The molecule has 224 valence electrons. The molecule has 6 atom stereocenters. The molecule has 39 heavy (non-hydrogen) atoms. The number of ether oxygens (including phenoxy) is 2. The molecule has 17 nitrogen and oxygen atoms in total. The molecule has 1 saturated heterocycles. The van der Waals surface area contributed by atoms with Gasteiger partial charge in [0.1, 0.15) is 18.3 Å². The number of carbonyl (C=O) groups excluding carboxylic acids is 1. The van der Waals surface area contributed by atoms with Crippen LogP contribution >= 0.6 is 45.1 Å². The van der Waals surface area contributed by atoms with Crippen molar-refractivity contribution in [2.45, 2.75) is 56.6 Å². The van der Waals surface area contributed by atoms with E-state index < -0.39 is 60.8 Å². The molecule has 1 fully saturated rings. The number of nitrogens with two attached hydrogens (primary N) is 1. The molecule has 2 amide bonds. The number of urea groups is 1. The van der Waals surface area contributed by atoms with Crippen molar-refractivity contribution in [3.63, 3.8) is 0 Å². The van der Waals surface area contributed by atoms with Gasteiger partial charge in [-0.25, -0.2) is 18.5 Å². The second kappa shape index (κ2) is 14.1. The predicted octanol–water partition coefficient (Wildman–Crippen LogP) is 1.16. The first-order valence-corrected chi connectivity index (χ1v) is 17.7. The summed E-state index contributed by atoms with van der Waals surface area (Å²) in [5.74, 6) is 5.32. The van der Waals surface area contributed by atoms with E-state index in [1.165, 1.54) is 27.8 Å². The average Bonchev–Trinajstić information content (AvgIpc) is 3.14. The summed E-state index contributed by atoms with van der Waals surface area (Å²) < 4.78 is 58.2. The molecular weight excluding hydrogens is 627 g/mol. The van der Waals surface area contributed by atoms with Crippen molar-refractivity contribution in [3.8, 4) is 11.8 Å². The molecule has 2 heterocycles.